The van der Waals surface area contributed by atoms with E-state index in [9.17, 15) is 20.0 Å². The number of aromatic hydroxyl groups is 1. The molecular formula is C18H20N2O4. The first-order valence-electron chi connectivity index (χ1n) is 7.49. The van der Waals surface area contributed by atoms with Crippen LogP contribution >= 0.6 is 0 Å². The summed E-state index contributed by atoms with van der Waals surface area (Å²) < 4.78 is 0. The number of rotatable bonds is 3. The number of phenolic OH excluding ortho intramolecular Hbond substituents is 1. The van der Waals surface area contributed by atoms with Crippen molar-refractivity contribution in [3.05, 3.63) is 63.2 Å². The Bertz CT molecular complexity index is 807. The Kier molecular flexibility index (Phi) is 4.59. The maximum Gasteiger partial charge on any atom is 0.269 e. The van der Waals surface area contributed by atoms with Crippen LogP contribution in [0.25, 0.3) is 0 Å². The summed E-state index contributed by atoms with van der Waals surface area (Å²) in [6, 6.07) is 9.14. The number of carbonyl (C=O) groups excluding carboxylic acids is 1. The fourth-order valence-corrected chi connectivity index (χ4v) is 2.28. The molecule has 0 radical (unpaired) electrons. The molecule has 0 heterocycles. The zero-order valence-corrected chi connectivity index (χ0v) is 14.1. The second-order valence-electron chi connectivity index (χ2n) is 6.69. The van der Waals surface area contributed by atoms with Gasteiger partial charge in [-0.05, 0) is 41.7 Å². The summed E-state index contributed by atoms with van der Waals surface area (Å²) in [5, 5.41) is 23.4. The van der Waals surface area contributed by atoms with E-state index >= 15 is 0 Å². The van der Waals surface area contributed by atoms with Gasteiger partial charge < -0.3 is 10.4 Å². The lowest BCUT2D eigenvalue weighted by Gasteiger charge is -2.20. The number of non-ortho nitro benzene ring substituents is 1. The molecule has 6 nitrogen and oxygen atoms in total. The van der Waals surface area contributed by atoms with Crippen LogP contribution in [-0.4, -0.2) is 15.9 Å². The normalized spacial score (nSPS) is 11.2. The quantitative estimate of drug-likeness (QED) is 0.653. The average Bonchev–Trinajstić information content (AvgIpc) is 2.48. The summed E-state index contributed by atoms with van der Waals surface area (Å²) in [5.74, 6) is -0.574. The van der Waals surface area contributed by atoms with Gasteiger partial charge in [0.05, 0.1) is 10.5 Å². The maximum atomic E-state index is 12.5. The third-order valence-electron chi connectivity index (χ3n) is 3.78. The van der Waals surface area contributed by atoms with Crippen molar-refractivity contribution < 1.29 is 14.8 Å². The molecule has 0 fully saturated rings. The summed E-state index contributed by atoms with van der Waals surface area (Å²) in [6.07, 6.45) is 0. The van der Waals surface area contributed by atoms with E-state index in [0.717, 1.165) is 5.56 Å². The van der Waals surface area contributed by atoms with Crippen LogP contribution in [0.2, 0.25) is 0 Å². The van der Waals surface area contributed by atoms with Crippen molar-refractivity contribution in [3.63, 3.8) is 0 Å². The predicted molar refractivity (Wildman–Crippen MR) is 92.6 cm³/mol. The second kappa shape index (κ2) is 6.31. The zero-order chi connectivity index (χ0) is 18.1. The number of nitro groups is 1. The number of hydrogen-bond donors (Lipinski definition) is 2. The number of hydrogen-bond acceptors (Lipinski definition) is 4. The lowest BCUT2D eigenvalue weighted by Crippen LogP contribution is -2.16. The minimum Gasteiger partial charge on any atom is -0.507 e. The molecule has 24 heavy (non-hydrogen) atoms. The smallest absolute Gasteiger partial charge is 0.269 e. The molecule has 0 aliphatic rings. The number of nitrogens with zero attached hydrogens (tertiary/aromatic N) is 1. The minimum absolute atomic E-state index is 0.0388. The molecule has 0 aliphatic heterocycles. The van der Waals surface area contributed by atoms with E-state index in [0.29, 0.717) is 11.3 Å². The van der Waals surface area contributed by atoms with Crippen LogP contribution < -0.4 is 5.32 Å². The molecule has 0 aromatic heterocycles. The highest BCUT2D eigenvalue weighted by molar-refractivity contribution is 6.06. The Labute approximate surface area is 140 Å². The van der Waals surface area contributed by atoms with Gasteiger partial charge in [0.2, 0.25) is 0 Å². The minimum atomic E-state index is -0.489. The highest BCUT2D eigenvalue weighted by atomic mass is 16.6. The molecule has 6 heteroatoms. The Morgan fingerprint density at radius 1 is 1.17 bits per heavy atom. The Balaban J connectivity index is 2.32. The second-order valence-corrected chi connectivity index (χ2v) is 6.69. The SMILES string of the molecule is Cc1cc([N+](=O)[O-])ccc1NC(=O)c1cc(C(C)(C)C)ccc1O. The van der Waals surface area contributed by atoms with Crippen molar-refractivity contribution in [3.8, 4) is 5.75 Å². The molecule has 2 aromatic carbocycles. The molecule has 126 valence electrons. The number of phenols is 1. The van der Waals surface area contributed by atoms with E-state index in [1.807, 2.05) is 20.8 Å². The highest BCUT2D eigenvalue weighted by Crippen LogP contribution is 2.28. The molecule has 2 rings (SSSR count). The van der Waals surface area contributed by atoms with Gasteiger partial charge in [-0.1, -0.05) is 26.8 Å². The van der Waals surface area contributed by atoms with E-state index in [-0.39, 0.29) is 22.4 Å². The van der Waals surface area contributed by atoms with E-state index in [1.54, 1.807) is 19.1 Å². The van der Waals surface area contributed by atoms with Crippen molar-refractivity contribution in [2.75, 3.05) is 5.32 Å². The van der Waals surface area contributed by atoms with Gasteiger partial charge in [-0.3, -0.25) is 14.9 Å². The van der Waals surface area contributed by atoms with Crippen molar-refractivity contribution >= 4 is 17.3 Å². The van der Waals surface area contributed by atoms with Crippen LogP contribution in [-0.2, 0) is 5.41 Å². The van der Waals surface area contributed by atoms with Gasteiger partial charge in [0.25, 0.3) is 11.6 Å². The van der Waals surface area contributed by atoms with Gasteiger partial charge in [0.1, 0.15) is 5.75 Å². The standard InChI is InChI=1S/C18H20N2O4/c1-11-9-13(20(23)24)6-7-15(11)19-17(22)14-10-12(18(2,3)4)5-8-16(14)21/h5-10,21H,1-4H3,(H,19,22). The first kappa shape index (κ1) is 17.5. The molecule has 2 aromatic rings. The van der Waals surface area contributed by atoms with Crippen LogP contribution in [0, 0.1) is 17.0 Å². The molecule has 0 spiro atoms. The molecular weight excluding hydrogens is 308 g/mol. The largest absolute Gasteiger partial charge is 0.507 e. The predicted octanol–water partition coefficient (Wildman–Crippen LogP) is 4.16. The molecule has 2 N–H and O–H groups in total. The number of nitrogens with one attached hydrogen (secondary N) is 1. The molecule has 0 aliphatic carbocycles. The lowest BCUT2D eigenvalue weighted by molar-refractivity contribution is -0.384. The van der Waals surface area contributed by atoms with Crippen molar-refractivity contribution in [2.24, 2.45) is 0 Å². The fourth-order valence-electron chi connectivity index (χ4n) is 2.28. The number of benzene rings is 2. The summed E-state index contributed by atoms with van der Waals surface area (Å²) in [4.78, 5) is 22.8. The van der Waals surface area contributed by atoms with Crippen LogP contribution in [0.4, 0.5) is 11.4 Å². The topological polar surface area (TPSA) is 92.5 Å². The van der Waals surface area contributed by atoms with E-state index in [1.165, 1.54) is 24.3 Å². The molecule has 0 bridgehead atoms. The maximum absolute atomic E-state index is 12.5. The van der Waals surface area contributed by atoms with Crippen molar-refractivity contribution in [1.29, 1.82) is 0 Å². The third-order valence-corrected chi connectivity index (χ3v) is 3.78. The molecule has 1 amide bonds. The molecule has 0 atom stereocenters. The average molecular weight is 328 g/mol. The molecule has 0 saturated heterocycles. The summed E-state index contributed by atoms with van der Waals surface area (Å²) in [6.45, 7) is 7.72. The highest BCUT2D eigenvalue weighted by Gasteiger charge is 2.19. The Hall–Kier alpha value is -2.89. The number of nitro benzene ring substituents is 1. The van der Waals surface area contributed by atoms with E-state index in [4.69, 9.17) is 0 Å². The monoisotopic (exact) mass is 328 g/mol. The van der Waals surface area contributed by atoms with Gasteiger partial charge in [-0.2, -0.15) is 0 Å². The van der Waals surface area contributed by atoms with E-state index in [2.05, 4.69) is 5.32 Å². The van der Waals surface area contributed by atoms with Gasteiger partial charge in [-0.25, -0.2) is 0 Å². The zero-order valence-electron chi connectivity index (χ0n) is 14.1. The summed E-state index contributed by atoms with van der Waals surface area (Å²) in [5.41, 5.74) is 1.93. The van der Waals surface area contributed by atoms with Gasteiger partial charge in [-0.15, -0.1) is 0 Å². The molecule has 0 unspecified atom stereocenters. The Morgan fingerprint density at radius 2 is 1.83 bits per heavy atom. The molecule has 0 saturated carbocycles. The summed E-state index contributed by atoms with van der Waals surface area (Å²) in [7, 11) is 0. The number of amides is 1. The third kappa shape index (κ3) is 3.71. The van der Waals surface area contributed by atoms with Crippen LogP contribution in [0.5, 0.6) is 5.75 Å². The van der Waals surface area contributed by atoms with E-state index < -0.39 is 10.8 Å². The van der Waals surface area contributed by atoms with Crippen LogP contribution in [0.15, 0.2) is 36.4 Å². The Morgan fingerprint density at radius 3 is 2.38 bits per heavy atom. The van der Waals surface area contributed by atoms with Crippen molar-refractivity contribution in [2.45, 2.75) is 33.1 Å². The number of carbonyl (C=O) groups is 1. The van der Waals surface area contributed by atoms with Gasteiger partial charge in [0.15, 0.2) is 0 Å². The number of anilines is 1. The number of aryl methyl sites for hydroxylation is 1. The lowest BCUT2D eigenvalue weighted by atomic mass is 9.86. The summed E-state index contributed by atoms with van der Waals surface area (Å²) >= 11 is 0. The fraction of sp³-hybridized carbons (Fsp3) is 0.278. The first-order chi connectivity index (χ1) is 11.1. The van der Waals surface area contributed by atoms with Gasteiger partial charge >= 0.3 is 0 Å². The first-order valence-corrected chi connectivity index (χ1v) is 7.49. The van der Waals surface area contributed by atoms with Crippen LogP contribution in [0.1, 0.15) is 42.3 Å². The van der Waals surface area contributed by atoms with Gasteiger partial charge in [0, 0.05) is 17.8 Å². The van der Waals surface area contributed by atoms with Crippen LogP contribution in [0.3, 0.4) is 0 Å². The van der Waals surface area contributed by atoms with Crippen molar-refractivity contribution in [1.82, 2.24) is 0 Å².